The fourth-order valence-electron chi connectivity index (χ4n) is 6.12. The first-order valence-corrected chi connectivity index (χ1v) is 14.3. The predicted octanol–water partition coefficient (Wildman–Crippen LogP) is 4.74. The van der Waals surface area contributed by atoms with Gasteiger partial charge in [0.2, 0.25) is 5.88 Å². The van der Waals surface area contributed by atoms with E-state index in [2.05, 4.69) is 45.3 Å². The van der Waals surface area contributed by atoms with E-state index >= 15 is 0 Å². The quantitative estimate of drug-likeness (QED) is 0.354. The van der Waals surface area contributed by atoms with Gasteiger partial charge in [-0.15, -0.1) is 0 Å². The number of aryl methyl sites for hydroxylation is 1. The van der Waals surface area contributed by atoms with E-state index in [9.17, 15) is 9.18 Å². The van der Waals surface area contributed by atoms with Crippen molar-refractivity contribution in [2.45, 2.75) is 38.8 Å². The maximum atomic E-state index is 13.6. The molecule has 4 aromatic rings. The van der Waals surface area contributed by atoms with Gasteiger partial charge in [-0.25, -0.2) is 19.3 Å². The number of carbonyl (C=O) groups is 1. The van der Waals surface area contributed by atoms with Crippen molar-refractivity contribution in [3.8, 4) is 17.0 Å². The first-order chi connectivity index (χ1) is 20.1. The smallest absolute Gasteiger partial charge is 0.254 e. The summed E-state index contributed by atoms with van der Waals surface area (Å²) in [7, 11) is 1.61. The Morgan fingerprint density at radius 3 is 2.68 bits per heavy atom. The van der Waals surface area contributed by atoms with Crippen LogP contribution < -0.4 is 15.0 Å². The van der Waals surface area contributed by atoms with E-state index in [-0.39, 0.29) is 18.5 Å². The zero-order chi connectivity index (χ0) is 28.3. The first-order valence-electron chi connectivity index (χ1n) is 14.3. The number of ether oxygens (including phenoxy) is 1. The van der Waals surface area contributed by atoms with Gasteiger partial charge in [-0.2, -0.15) is 0 Å². The van der Waals surface area contributed by atoms with Crippen LogP contribution in [0.1, 0.15) is 39.9 Å². The van der Waals surface area contributed by atoms with Crippen LogP contribution in [0.15, 0.2) is 55.0 Å². The van der Waals surface area contributed by atoms with Gasteiger partial charge in [-0.3, -0.25) is 4.79 Å². The van der Waals surface area contributed by atoms with Crippen molar-refractivity contribution in [3.05, 3.63) is 77.2 Å². The number of carbonyl (C=O) groups excluding carboxylic acids is 1. The van der Waals surface area contributed by atoms with Crippen molar-refractivity contribution in [2.75, 3.05) is 44.9 Å². The van der Waals surface area contributed by atoms with Crippen molar-refractivity contribution in [1.29, 1.82) is 0 Å². The number of amides is 1. The molecule has 4 heterocycles. The van der Waals surface area contributed by atoms with Crippen molar-refractivity contribution in [2.24, 2.45) is 0 Å². The molecule has 2 aromatic heterocycles. The number of alkyl halides is 1. The predicted molar refractivity (Wildman–Crippen MR) is 158 cm³/mol. The monoisotopic (exact) mass is 554 g/mol. The molecule has 2 aromatic carbocycles. The number of hydrogen-bond donors (Lipinski definition) is 1. The summed E-state index contributed by atoms with van der Waals surface area (Å²) in [5.74, 6) is 1.36. The Kier molecular flexibility index (Phi) is 7.78. The second-order valence-electron chi connectivity index (χ2n) is 10.8. The second kappa shape index (κ2) is 11.8. The normalized spacial score (nSPS) is 15.5. The molecular weight excluding hydrogens is 519 g/mol. The summed E-state index contributed by atoms with van der Waals surface area (Å²) in [6.07, 6.45) is 5.98. The number of anilines is 1. The van der Waals surface area contributed by atoms with Crippen molar-refractivity contribution < 1.29 is 13.9 Å². The summed E-state index contributed by atoms with van der Waals surface area (Å²) in [6.45, 7) is 4.80. The van der Waals surface area contributed by atoms with Gasteiger partial charge in [0.1, 0.15) is 18.8 Å². The van der Waals surface area contributed by atoms with Crippen LogP contribution >= 0.6 is 0 Å². The molecule has 1 amide bonds. The van der Waals surface area contributed by atoms with E-state index in [1.54, 1.807) is 18.3 Å². The molecule has 0 spiro atoms. The van der Waals surface area contributed by atoms with Crippen LogP contribution in [0.25, 0.3) is 22.0 Å². The lowest BCUT2D eigenvalue weighted by atomic mass is 9.95. The number of rotatable bonds is 7. The zero-order valence-electron chi connectivity index (χ0n) is 23.6. The van der Waals surface area contributed by atoms with Crippen LogP contribution in [0.3, 0.4) is 0 Å². The van der Waals surface area contributed by atoms with Gasteiger partial charge in [0.05, 0.1) is 12.6 Å². The van der Waals surface area contributed by atoms with E-state index in [0.29, 0.717) is 18.0 Å². The summed E-state index contributed by atoms with van der Waals surface area (Å²) < 4.78 is 18.7. The minimum Gasteiger partial charge on any atom is -0.481 e. The lowest BCUT2D eigenvalue weighted by Gasteiger charge is -2.35. The van der Waals surface area contributed by atoms with Gasteiger partial charge in [-0.1, -0.05) is 6.07 Å². The van der Waals surface area contributed by atoms with Gasteiger partial charge in [-0.05, 0) is 91.9 Å². The van der Waals surface area contributed by atoms with Gasteiger partial charge >= 0.3 is 0 Å². The SMILES string of the molecule is COc1ccc(-c2cc(C)c3ncnc(N4CCc5ccc(C(=O)N(CCF)C6CCNCC6)cc5C4)c3c2)cn1. The maximum absolute atomic E-state index is 13.6. The molecule has 0 radical (unpaired) electrons. The van der Waals surface area contributed by atoms with Crippen molar-refractivity contribution in [1.82, 2.24) is 25.2 Å². The van der Waals surface area contributed by atoms with E-state index < -0.39 is 6.67 Å². The maximum Gasteiger partial charge on any atom is 0.254 e. The van der Waals surface area contributed by atoms with Crippen LogP contribution in [0.5, 0.6) is 5.88 Å². The molecule has 212 valence electrons. The highest BCUT2D eigenvalue weighted by atomic mass is 19.1. The molecule has 6 rings (SSSR count). The third kappa shape index (κ3) is 5.46. The van der Waals surface area contributed by atoms with Crippen LogP contribution in [-0.4, -0.2) is 71.8 Å². The van der Waals surface area contributed by atoms with Crippen molar-refractivity contribution in [3.63, 3.8) is 0 Å². The number of halogens is 1. The Labute approximate surface area is 239 Å². The molecule has 0 atom stereocenters. The second-order valence-corrected chi connectivity index (χ2v) is 10.8. The molecule has 2 aliphatic heterocycles. The highest BCUT2D eigenvalue weighted by Gasteiger charge is 2.27. The highest BCUT2D eigenvalue weighted by molar-refractivity contribution is 5.96. The van der Waals surface area contributed by atoms with Crippen LogP contribution in [0.4, 0.5) is 10.2 Å². The molecule has 9 heteroatoms. The fourth-order valence-corrected chi connectivity index (χ4v) is 6.12. The van der Waals surface area contributed by atoms with E-state index in [1.807, 2.05) is 30.5 Å². The minimum absolute atomic E-state index is 0.0674. The van der Waals surface area contributed by atoms with Crippen LogP contribution in [0, 0.1) is 6.92 Å². The first kappa shape index (κ1) is 27.1. The molecule has 0 bridgehead atoms. The summed E-state index contributed by atoms with van der Waals surface area (Å²) in [6, 6.07) is 14.1. The third-order valence-electron chi connectivity index (χ3n) is 8.29. The summed E-state index contributed by atoms with van der Waals surface area (Å²) >= 11 is 0. The van der Waals surface area contributed by atoms with E-state index in [4.69, 9.17) is 9.72 Å². The molecule has 1 saturated heterocycles. The van der Waals surface area contributed by atoms with Gasteiger partial charge in [0.15, 0.2) is 0 Å². The summed E-state index contributed by atoms with van der Waals surface area (Å²) in [4.78, 5) is 31.3. The van der Waals surface area contributed by atoms with E-state index in [1.165, 1.54) is 5.56 Å². The number of nitrogens with zero attached hydrogens (tertiary/aromatic N) is 5. The number of benzene rings is 2. The Morgan fingerprint density at radius 2 is 1.93 bits per heavy atom. The van der Waals surface area contributed by atoms with Crippen LogP contribution in [0.2, 0.25) is 0 Å². The molecule has 1 fully saturated rings. The lowest BCUT2D eigenvalue weighted by Crippen LogP contribution is -2.47. The van der Waals surface area contributed by atoms with Crippen LogP contribution in [-0.2, 0) is 13.0 Å². The number of aromatic nitrogens is 3. The topological polar surface area (TPSA) is 83.5 Å². The molecule has 0 saturated carbocycles. The highest BCUT2D eigenvalue weighted by Crippen LogP contribution is 2.34. The number of pyridine rings is 1. The standard InChI is InChI=1S/C32H35FN6O2/c1-21-15-25(24-5-6-29(41-2)35-18-24)17-28-30(21)36-20-37-31(28)38-13-9-22-3-4-23(16-26(22)19-38)32(40)39(14-10-33)27-7-11-34-12-8-27/h3-6,15-18,20,27,34H,7-14,19H2,1-2H3. The zero-order valence-corrected chi connectivity index (χ0v) is 23.6. The Morgan fingerprint density at radius 1 is 1.07 bits per heavy atom. The van der Waals surface area contributed by atoms with Crippen molar-refractivity contribution >= 4 is 22.6 Å². The molecular formula is C32H35FN6O2. The Hall–Kier alpha value is -4.11. The largest absolute Gasteiger partial charge is 0.481 e. The molecule has 8 nitrogen and oxygen atoms in total. The van der Waals surface area contributed by atoms with Gasteiger partial charge < -0.3 is 19.9 Å². The fraction of sp³-hybridized carbons (Fsp3) is 0.375. The molecule has 1 N–H and O–H groups in total. The molecule has 2 aliphatic rings. The lowest BCUT2D eigenvalue weighted by molar-refractivity contribution is 0.0626. The number of fused-ring (bicyclic) bond motifs is 2. The number of nitrogens with one attached hydrogen (secondary N) is 1. The molecule has 0 aliphatic carbocycles. The van der Waals surface area contributed by atoms with E-state index in [0.717, 1.165) is 77.9 Å². The number of methoxy groups -OCH3 is 1. The Balaban J connectivity index is 1.31. The summed E-state index contributed by atoms with van der Waals surface area (Å²) in [5.41, 5.74) is 6.96. The number of hydrogen-bond acceptors (Lipinski definition) is 7. The average molecular weight is 555 g/mol. The molecule has 41 heavy (non-hydrogen) atoms. The average Bonchev–Trinajstić information content (AvgIpc) is 3.03. The van der Waals surface area contributed by atoms with Gasteiger partial charge in [0, 0.05) is 54.5 Å². The molecule has 0 unspecified atom stereocenters. The van der Waals surface area contributed by atoms with Gasteiger partial charge in [0.25, 0.3) is 5.91 Å². The third-order valence-corrected chi connectivity index (χ3v) is 8.29. The Bertz CT molecular complexity index is 1550. The minimum atomic E-state index is -0.539. The number of piperidine rings is 1. The summed E-state index contributed by atoms with van der Waals surface area (Å²) in [5, 5.41) is 4.31.